The molecular formula is C16H11ClF3NO3. The number of anilines is 1. The number of carbonyl (C=O) groups is 2. The average molecular weight is 358 g/mol. The second kappa shape index (κ2) is 6.92. The highest BCUT2D eigenvalue weighted by molar-refractivity contribution is 6.31. The number of amides is 1. The van der Waals surface area contributed by atoms with Crippen molar-refractivity contribution in [2.45, 2.75) is 6.18 Å². The Kier molecular flexibility index (Phi) is 5.14. The van der Waals surface area contributed by atoms with E-state index in [-0.39, 0.29) is 16.8 Å². The second-order valence-corrected chi connectivity index (χ2v) is 5.09. The van der Waals surface area contributed by atoms with Crippen molar-refractivity contribution in [3.63, 3.8) is 0 Å². The number of carbonyl (C=O) groups excluding carboxylic acids is 2. The molecule has 0 heterocycles. The van der Waals surface area contributed by atoms with E-state index < -0.39 is 28.6 Å². The number of hydrogen-bond acceptors (Lipinski definition) is 3. The molecule has 24 heavy (non-hydrogen) atoms. The molecule has 0 saturated carbocycles. The maximum atomic E-state index is 12.8. The van der Waals surface area contributed by atoms with Gasteiger partial charge in [0.15, 0.2) is 0 Å². The van der Waals surface area contributed by atoms with Crippen molar-refractivity contribution in [1.29, 1.82) is 0 Å². The van der Waals surface area contributed by atoms with Crippen molar-refractivity contribution in [1.82, 2.24) is 0 Å². The van der Waals surface area contributed by atoms with E-state index >= 15 is 0 Å². The molecule has 0 aliphatic rings. The molecule has 0 radical (unpaired) electrons. The lowest BCUT2D eigenvalue weighted by molar-refractivity contribution is -0.137. The summed E-state index contributed by atoms with van der Waals surface area (Å²) in [7, 11) is 1.16. The quantitative estimate of drug-likeness (QED) is 0.828. The largest absolute Gasteiger partial charge is 0.465 e. The van der Waals surface area contributed by atoms with Gasteiger partial charge in [0.25, 0.3) is 5.91 Å². The second-order valence-electron chi connectivity index (χ2n) is 4.68. The number of hydrogen-bond donors (Lipinski definition) is 1. The number of rotatable bonds is 3. The van der Waals surface area contributed by atoms with E-state index in [1.54, 1.807) is 0 Å². The molecule has 8 heteroatoms. The van der Waals surface area contributed by atoms with Crippen LogP contribution in [0.25, 0.3) is 0 Å². The van der Waals surface area contributed by atoms with Crippen molar-refractivity contribution >= 4 is 29.2 Å². The van der Waals surface area contributed by atoms with Crippen LogP contribution < -0.4 is 5.32 Å². The summed E-state index contributed by atoms with van der Waals surface area (Å²) in [5.74, 6) is -1.47. The minimum absolute atomic E-state index is 0.00232. The molecule has 2 aromatic rings. The van der Waals surface area contributed by atoms with E-state index in [9.17, 15) is 22.8 Å². The van der Waals surface area contributed by atoms with Crippen LogP contribution in [0.2, 0.25) is 5.02 Å². The number of esters is 1. The topological polar surface area (TPSA) is 55.4 Å². The van der Waals surface area contributed by atoms with Gasteiger partial charge in [0.1, 0.15) is 0 Å². The van der Waals surface area contributed by atoms with Crippen LogP contribution >= 0.6 is 11.6 Å². The van der Waals surface area contributed by atoms with Gasteiger partial charge in [-0.05, 0) is 30.3 Å². The van der Waals surface area contributed by atoms with E-state index in [0.29, 0.717) is 0 Å². The monoisotopic (exact) mass is 357 g/mol. The fourth-order valence-electron chi connectivity index (χ4n) is 1.99. The summed E-state index contributed by atoms with van der Waals surface area (Å²) < 4.78 is 43.1. The van der Waals surface area contributed by atoms with Gasteiger partial charge < -0.3 is 10.1 Å². The van der Waals surface area contributed by atoms with Crippen LogP contribution in [0, 0.1) is 0 Å². The van der Waals surface area contributed by atoms with Crippen LogP contribution in [0.1, 0.15) is 26.3 Å². The third kappa shape index (κ3) is 3.86. The van der Waals surface area contributed by atoms with Crippen molar-refractivity contribution in [3.05, 3.63) is 64.2 Å². The first-order valence-corrected chi connectivity index (χ1v) is 6.97. The van der Waals surface area contributed by atoms with Gasteiger partial charge in [-0.15, -0.1) is 0 Å². The van der Waals surface area contributed by atoms with Crippen LogP contribution in [0.15, 0.2) is 42.5 Å². The smallest absolute Gasteiger partial charge is 0.417 e. The summed E-state index contributed by atoms with van der Waals surface area (Å²) >= 11 is 5.53. The van der Waals surface area contributed by atoms with E-state index in [1.807, 2.05) is 0 Å². The third-order valence-electron chi connectivity index (χ3n) is 3.11. The van der Waals surface area contributed by atoms with Gasteiger partial charge in [0, 0.05) is 5.69 Å². The fourth-order valence-corrected chi connectivity index (χ4v) is 2.21. The summed E-state index contributed by atoms with van der Waals surface area (Å²) in [6.45, 7) is 0. The Morgan fingerprint density at radius 1 is 1.08 bits per heavy atom. The molecule has 1 N–H and O–H groups in total. The lowest BCUT2D eigenvalue weighted by Gasteiger charge is -2.12. The third-order valence-corrected chi connectivity index (χ3v) is 3.44. The van der Waals surface area contributed by atoms with Crippen LogP contribution in [-0.2, 0) is 10.9 Å². The number of nitrogens with one attached hydrogen (secondary N) is 1. The molecule has 4 nitrogen and oxygen atoms in total. The van der Waals surface area contributed by atoms with Gasteiger partial charge in [-0.2, -0.15) is 13.2 Å². The van der Waals surface area contributed by atoms with Gasteiger partial charge in [0.2, 0.25) is 0 Å². The molecular weight excluding hydrogens is 347 g/mol. The predicted octanol–water partition coefficient (Wildman–Crippen LogP) is 4.40. The summed E-state index contributed by atoms with van der Waals surface area (Å²) in [4.78, 5) is 23.9. The lowest BCUT2D eigenvalue weighted by atomic mass is 10.1. The molecule has 0 fully saturated rings. The Balaban J connectivity index is 2.33. The van der Waals surface area contributed by atoms with Gasteiger partial charge in [-0.1, -0.05) is 23.7 Å². The summed E-state index contributed by atoms with van der Waals surface area (Å²) in [6, 6.07) is 8.78. The summed E-state index contributed by atoms with van der Waals surface area (Å²) in [6.07, 6.45) is -4.65. The highest BCUT2D eigenvalue weighted by Gasteiger charge is 2.33. The molecule has 0 unspecified atom stereocenters. The average Bonchev–Trinajstić information content (AvgIpc) is 2.54. The van der Waals surface area contributed by atoms with Crippen molar-refractivity contribution < 1.29 is 27.5 Å². The molecule has 0 spiro atoms. The Morgan fingerprint density at radius 2 is 1.71 bits per heavy atom. The Hall–Kier alpha value is -2.54. The zero-order chi connectivity index (χ0) is 17.9. The molecule has 1 amide bonds. The summed E-state index contributed by atoms with van der Waals surface area (Å²) in [5.41, 5.74) is -1.19. The molecule has 2 aromatic carbocycles. The van der Waals surface area contributed by atoms with E-state index in [0.717, 1.165) is 19.2 Å². The number of halogens is 4. The maximum Gasteiger partial charge on any atom is 0.417 e. The lowest BCUT2D eigenvalue weighted by Crippen LogP contribution is -2.17. The number of benzene rings is 2. The molecule has 0 saturated heterocycles. The zero-order valence-corrected chi connectivity index (χ0v) is 13.0. The number of methoxy groups -OCH3 is 1. The SMILES string of the molecule is COC(=O)c1ccccc1C(=O)Nc1ccc(Cl)c(C(F)(F)F)c1. The van der Waals surface area contributed by atoms with Crippen molar-refractivity contribution in [2.24, 2.45) is 0 Å². The number of alkyl halides is 3. The first-order chi connectivity index (χ1) is 11.2. The first kappa shape index (κ1) is 17.8. The Morgan fingerprint density at radius 3 is 2.29 bits per heavy atom. The predicted molar refractivity (Wildman–Crippen MR) is 82.2 cm³/mol. The minimum Gasteiger partial charge on any atom is -0.465 e. The maximum absolute atomic E-state index is 12.8. The van der Waals surface area contributed by atoms with Gasteiger partial charge in [-0.25, -0.2) is 4.79 Å². The molecule has 0 atom stereocenters. The van der Waals surface area contributed by atoms with Crippen molar-refractivity contribution in [2.75, 3.05) is 12.4 Å². The van der Waals surface area contributed by atoms with Crippen LogP contribution in [-0.4, -0.2) is 19.0 Å². The van der Waals surface area contributed by atoms with E-state index in [1.165, 1.54) is 30.3 Å². The van der Waals surface area contributed by atoms with Crippen molar-refractivity contribution in [3.8, 4) is 0 Å². The minimum atomic E-state index is -4.65. The van der Waals surface area contributed by atoms with Crippen LogP contribution in [0.4, 0.5) is 18.9 Å². The molecule has 126 valence electrons. The highest BCUT2D eigenvalue weighted by Crippen LogP contribution is 2.36. The first-order valence-electron chi connectivity index (χ1n) is 6.59. The fraction of sp³-hybridized carbons (Fsp3) is 0.125. The van der Waals surface area contributed by atoms with Gasteiger partial charge in [-0.3, -0.25) is 4.79 Å². The van der Waals surface area contributed by atoms with Gasteiger partial charge in [0.05, 0.1) is 28.8 Å². The molecule has 0 aliphatic heterocycles. The normalized spacial score (nSPS) is 11.0. The molecule has 0 aliphatic carbocycles. The molecule has 2 rings (SSSR count). The standard InChI is InChI=1S/C16H11ClF3NO3/c1-24-15(23)11-5-3-2-4-10(11)14(22)21-9-6-7-13(17)12(8-9)16(18,19)20/h2-8H,1H3,(H,21,22). The molecule has 0 bridgehead atoms. The highest BCUT2D eigenvalue weighted by atomic mass is 35.5. The molecule has 0 aromatic heterocycles. The van der Waals surface area contributed by atoms with Crippen LogP contribution in [0.3, 0.4) is 0 Å². The van der Waals surface area contributed by atoms with E-state index in [4.69, 9.17) is 11.6 Å². The Labute approximate surface area is 140 Å². The zero-order valence-electron chi connectivity index (χ0n) is 12.3. The van der Waals surface area contributed by atoms with Gasteiger partial charge >= 0.3 is 12.1 Å². The number of ether oxygens (including phenoxy) is 1. The Bertz CT molecular complexity index is 790. The van der Waals surface area contributed by atoms with E-state index in [2.05, 4.69) is 10.1 Å². The van der Waals surface area contributed by atoms with Crippen LogP contribution in [0.5, 0.6) is 0 Å². The summed E-state index contributed by atoms with van der Waals surface area (Å²) in [5, 5.41) is 1.84.